The van der Waals surface area contributed by atoms with Crippen LogP contribution in [0, 0.1) is 0 Å². The zero-order valence-electron chi connectivity index (χ0n) is 15.5. The van der Waals surface area contributed by atoms with Gasteiger partial charge >= 0.3 is 0 Å². The summed E-state index contributed by atoms with van der Waals surface area (Å²) in [7, 11) is 3.34. The Morgan fingerprint density at radius 3 is 2.46 bits per heavy atom. The molecule has 0 radical (unpaired) electrons. The van der Waals surface area contributed by atoms with Gasteiger partial charge in [-0.1, -0.05) is 24.3 Å². The van der Waals surface area contributed by atoms with Gasteiger partial charge in [0.1, 0.15) is 11.5 Å². The van der Waals surface area contributed by atoms with Gasteiger partial charge in [-0.15, -0.1) is 0 Å². The second-order valence-corrected chi connectivity index (χ2v) is 6.38. The molecule has 0 saturated carbocycles. The lowest BCUT2D eigenvalue weighted by atomic mass is 10.1. The van der Waals surface area contributed by atoms with Crippen LogP contribution in [0.2, 0.25) is 0 Å². The number of amides is 1. The minimum atomic E-state index is 0.209. The highest BCUT2D eigenvalue weighted by Gasteiger charge is 2.21. The highest BCUT2D eigenvalue weighted by molar-refractivity contribution is 5.77. The quantitative estimate of drug-likeness (QED) is 0.800. The standard InChI is InChI=1S/C21H26N2O3/c1-25-19-8-5-7-18(16-19)22-12-14-23(15-13-22)21(24)11-10-17-6-3-4-9-20(17)26-2/h3-9,16H,10-15H2,1-2H3. The molecule has 1 aliphatic heterocycles. The Bertz CT molecular complexity index is 740. The summed E-state index contributed by atoms with van der Waals surface area (Å²) in [5.41, 5.74) is 2.23. The fourth-order valence-electron chi connectivity index (χ4n) is 3.33. The number of aryl methyl sites for hydroxylation is 1. The summed E-state index contributed by atoms with van der Waals surface area (Å²) in [6.45, 7) is 3.19. The predicted octanol–water partition coefficient (Wildman–Crippen LogP) is 2.99. The summed E-state index contributed by atoms with van der Waals surface area (Å²) < 4.78 is 10.7. The third-order valence-corrected chi connectivity index (χ3v) is 4.85. The fourth-order valence-corrected chi connectivity index (χ4v) is 3.33. The first-order valence-corrected chi connectivity index (χ1v) is 9.00. The maximum absolute atomic E-state index is 12.6. The van der Waals surface area contributed by atoms with Crippen LogP contribution in [-0.2, 0) is 11.2 Å². The lowest BCUT2D eigenvalue weighted by Crippen LogP contribution is -2.48. The fraction of sp³-hybridized carbons (Fsp3) is 0.381. The normalized spacial score (nSPS) is 14.2. The van der Waals surface area contributed by atoms with Crippen LogP contribution in [0.4, 0.5) is 5.69 Å². The number of piperazine rings is 1. The number of hydrogen-bond acceptors (Lipinski definition) is 4. The summed E-state index contributed by atoms with van der Waals surface area (Å²) >= 11 is 0. The first kappa shape index (κ1) is 18.1. The molecule has 1 amide bonds. The van der Waals surface area contributed by atoms with Crippen molar-refractivity contribution in [2.45, 2.75) is 12.8 Å². The van der Waals surface area contributed by atoms with E-state index in [4.69, 9.17) is 9.47 Å². The molecule has 0 atom stereocenters. The summed E-state index contributed by atoms with van der Waals surface area (Å²) in [6, 6.07) is 16.0. The van der Waals surface area contributed by atoms with E-state index in [9.17, 15) is 4.79 Å². The van der Waals surface area contributed by atoms with Crippen molar-refractivity contribution in [3.63, 3.8) is 0 Å². The van der Waals surface area contributed by atoms with Crippen LogP contribution in [0.25, 0.3) is 0 Å². The summed E-state index contributed by atoms with van der Waals surface area (Å²) in [6.07, 6.45) is 1.22. The van der Waals surface area contributed by atoms with Crippen LogP contribution >= 0.6 is 0 Å². The van der Waals surface area contributed by atoms with Crippen molar-refractivity contribution in [3.05, 3.63) is 54.1 Å². The van der Waals surface area contributed by atoms with E-state index in [-0.39, 0.29) is 5.91 Å². The molecule has 1 fully saturated rings. The average molecular weight is 354 g/mol. The maximum Gasteiger partial charge on any atom is 0.223 e. The minimum Gasteiger partial charge on any atom is -0.497 e. The van der Waals surface area contributed by atoms with Crippen LogP contribution in [0.5, 0.6) is 11.5 Å². The van der Waals surface area contributed by atoms with Gasteiger partial charge in [-0.25, -0.2) is 0 Å². The Balaban J connectivity index is 1.52. The van der Waals surface area contributed by atoms with Crippen LogP contribution in [0.3, 0.4) is 0 Å². The molecule has 5 heteroatoms. The molecule has 2 aromatic carbocycles. The van der Waals surface area contributed by atoms with E-state index < -0.39 is 0 Å². The highest BCUT2D eigenvalue weighted by atomic mass is 16.5. The Hall–Kier alpha value is -2.69. The molecular formula is C21H26N2O3. The van der Waals surface area contributed by atoms with E-state index >= 15 is 0 Å². The Labute approximate surface area is 155 Å². The van der Waals surface area contributed by atoms with Gasteiger partial charge in [0, 0.05) is 44.4 Å². The largest absolute Gasteiger partial charge is 0.497 e. The number of ether oxygens (including phenoxy) is 2. The zero-order chi connectivity index (χ0) is 18.4. The van der Waals surface area contributed by atoms with Crippen LogP contribution in [0.1, 0.15) is 12.0 Å². The van der Waals surface area contributed by atoms with Gasteiger partial charge in [-0.05, 0) is 30.2 Å². The molecule has 138 valence electrons. The molecule has 0 unspecified atom stereocenters. The van der Waals surface area contributed by atoms with Gasteiger partial charge in [-0.2, -0.15) is 0 Å². The number of nitrogens with zero attached hydrogens (tertiary/aromatic N) is 2. The molecule has 2 aromatic rings. The van der Waals surface area contributed by atoms with Crippen LogP contribution in [-0.4, -0.2) is 51.2 Å². The van der Waals surface area contributed by atoms with E-state index in [1.54, 1.807) is 14.2 Å². The van der Waals surface area contributed by atoms with Gasteiger partial charge < -0.3 is 19.3 Å². The molecular weight excluding hydrogens is 328 g/mol. The Morgan fingerprint density at radius 1 is 0.962 bits per heavy atom. The maximum atomic E-state index is 12.6. The van der Waals surface area contributed by atoms with Gasteiger partial charge in [0.05, 0.1) is 14.2 Å². The minimum absolute atomic E-state index is 0.209. The number of para-hydroxylation sites is 1. The molecule has 1 heterocycles. The van der Waals surface area contributed by atoms with Gasteiger partial charge in [-0.3, -0.25) is 4.79 Å². The smallest absolute Gasteiger partial charge is 0.223 e. The van der Waals surface area contributed by atoms with Gasteiger partial charge in [0.25, 0.3) is 0 Å². The second-order valence-electron chi connectivity index (χ2n) is 6.38. The lowest BCUT2D eigenvalue weighted by molar-refractivity contribution is -0.131. The second kappa shape index (κ2) is 8.61. The number of rotatable bonds is 6. The first-order chi connectivity index (χ1) is 12.7. The topological polar surface area (TPSA) is 42.0 Å². The van der Waals surface area contributed by atoms with E-state index in [0.717, 1.165) is 48.9 Å². The van der Waals surface area contributed by atoms with Crippen molar-refractivity contribution in [3.8, 4) is 11.5 Å². The number of hydrogen-bond donors (Lipinski definition) is 0. The van der Waals surface area contributed by atoms with Crippen molar-refractivity contribution in [1.29, 1.82) is 0 Å². The molecule has 3 rings (SSSR count). The SMILES string of the molecule is COc1cccc(N2CCN(C(=O)CCc3ccccc3OC)CC2)c1. The molecule has 0 aliphatic carbocycles. The molecule has 0 spiro atoms. The molecule has 26 heavy (non-hydrogen) atoms. The predicted molar refractivity (Wildman–Crippen MR) is 103 cm³/mol. The van der Waals surface area contributed by atoms with E-state index in [0.29, 0.717) is 12.8 Å². The number of benzene rings is 2. The van der Waals surface area contributed by atoms with E-state index in [2.05, 4.69) is 11.0 Å². The van der Waals surface area contributed by atoms with E-state index in [1.165, 1.54) is 0 Å². The third-order valence-electron chi connectivity index (χ3n) is 4.85. The molecule has 0 aromatic heterocycles. The third kappa shape index (κ3) is 4.28. The number of anilines is 1. The lowest BCUT2D eigenvalue weighted by Gasteiger charge is -2.36. The van der Waals surface area contributed by atoms with Crippen LogP contribution < -0.4 is 14.4 Å². The molecule has 1 saturated heterocycles. The monoisotopic (exact) mass is 354 g/mol. The number of methoxy groups -OCH3 is 2. The van der Waals surface area contributed by atoms with Gasteiger partial charge in [0.15, 0.2) is 0 Å². The van der Waals surface area contributed by atoms with Crippen molar-refractivity contribution in [2.24, 2.45) is 0 Å². The van der Waals surface area contributed by atoms with Gasteiger partial charge in [0.2, 0.25) is 5.91 Å². The van der Waals surface area contributed by atoms with Crippen molar-refractivity contribution >= 4 is 11.6 Å². The molecule has 5 nitrogen and oxygen atoms in total. The first-order valence-electron chi connectivity index (χ1n) is 9.00. The Morgan fingerprint density at radius 2 is 1.73 bits per heavy atom. The summed E-state index contributed by atoms with van der Waals surface area (Å²) in [4.78, 5) is 16.8. The number of carbonyl (C=O) groups is 1. The summed E-state index contributed by atoms with van der Waals surface area (Å²) in [5, 5.41) is 0. The number of carbonyl (C=O) groups excluding carboxylic acids is 1. The highest BCUT2D eigenvalue weighted by Crippen LogP contribution is 2.23. The van der Waals surface area contributed by atoms with Crippen molar-refractivity contribution < 1.29 is 14.3 Å². The average Bonchev–Trinajstić information content (AvgIpc) is 2.72. The Kier molecular flexibility index (Phi) is 6.00. The summed E-state index contributed by atoms with van der Waals surface area (Å²) in [5.74, 6) is 1.92. The van der Waals surface area contributed by atoms with E-state index in [1.807, 2.05) is 47.4 Å². The van der Waals surface area contributed by atoms with Crippen molar-refractivity contribution in [1.82, 2.24) is 4.90 Å². The van der Waals surface area contributed by atoms with Crippen LogP contribution in [0.15, 0.2) is 48.5 Å². The zero-order valence-corrected chi connectivity index (χ0v) is 15.5. The molecule has 1 aliphatic rings. The molecule has 0 bridgehead atoms. The molecule has 0 N–H and O–H groups in total. The van der Waals surface area contributed by atoms with Crippen molar-refractivity contribution in [2.75, 3.05) is 45.3 Å².